The van der Waals surface area contributed by atoms with Crippen molar-refractivity contribution in [3.8, 4) is 0 Å². The van der Waals surface area contributed by atoms with Crippen LogP contribution >= 0.6 is 0 Å². The van der Waals surface area contributed by atoms with Gasteiger partial charge in [0.1, 0.15) is 0 Å². The molecule has 0 unspecified atom stereocenters. The van der Waals surface area contributed by atoms with E-state index in [0.29, 0.717) is 19.5 Å². The molecule has 5 nitrogen and oxygen atoms in total. The van der Waals surface area contributed by atoms with Crippen LogP contribution in [0.15, 0.2) is 24.3 Å². The van der Waals surface area contributed by atoms with Crippen molar-refractivity contribution in [2.75, 3.05) is 26.2 Å². The molecule has 0 bridgehead atoms. The average Bonchev–Trinajstić information content (AvgIpc) is 2.77. The second-order valence-electron chi connectivity index (χ2n) is 6.56. The summed E-state index contributed by atoms with van der Waals surface area (Å²) in [4.78, 5) is 28.1. The highest BCUT2D eigenvalue weighted by atomic mass is 16.2. The standard InChI is InChI=1S/C19H25N3O2/c1-14-17(16-7-4-5-8-18(16)20(14)3)13-19(24)22-10-6-9-21(11-12-22)15(2)23/h4-5,7-8H,6,9-13H2,1-3H3. The molecular formula is C19H25N3O2. The lowest BCUT2D eigenvalue weighted by Crippen LogP contribution is -2.37. The number of rotatable bonds is 2. The van der Waals surface area contributed by atoms with Crippen molar-refractivity contribution in [2.24, 2.45) is 7.05 Å². The van der Waals surface area contributed by atoms with Gasteiger partial charge in [-0.1, -0.05) is 18.2 Å². The molecule has 2 heterocycles. The van der Waals surface area contributed by atoms with E-state index in [-0.39, 0.29) is 11.8 Å². The fourth-order valence-corrected chi connectivity index (χ4v) is 3.57. The van der Waals surface area contributed by atoms with E-state index in [9.17, 15) is 9.59 Å². The number of carbonyl (C=O) groups excluding carboxylic acids is 2. The van der Waals surface area contributed by atoms with Gasteiger partial charge in [-0.15, -0.1) is 0 Å². The van der Waals surface area contributed by atoms with Crippen LogP contribution in [-0.4, -0.2) is 52.4 Å². The summed E-state index contributed by atoms with van der Waals surface area (Å²) in [5.41, 5.74) is 3.42. The molecule has 0 spiro atoms. The summed E-state index contributed by atoms with van der Waals surface area (Å²) in [6.45, 7) is 6.40. The lowest BCUT2D eigenvalue weighted by Gasteiger charge is -2.21. The van der Waals surface area contributed by atoms with E-state index in [2.05, 4.69) is 23.6 Å². The van der Waals surface area contributed by atoms with Gasteiger partial charge in [0.2, 0.25) is 11.8 Å². The average molecular weight is 327 g/mol. The van der Waals surface area contributed by atoms with Crippen LogP contribution in [0.2, 0.25) is 0 Å². The van der Waals surface area contributed by atoms with Crippen molar-refractivity contribution in [3.63, 3.8) is 0 Å². The van der Waals surface area contributed by atoms with Gasteiger partial charge in [-0.25, -0.2) is 0 Å². The largest absolute Gasteiger partial charge is 0.348 e. The highest BCUT2D eigenvalue weighted by Crippen LogP contribution is 2.25. The summed E-state index contributed by atoms with van der Waals surface area (Å²) in [6, 6.07) is 8.22. The number of aromatic nitrogens is 1. The molecule has 5 heteroatoms. The molecule has 1 aliphatic heterocycles. The van der Waals surface area contributed by atoms with E-state index in [0.717, 1.165) is 41.7 Å². The van der Waals surface area contributed by atoms with Crippen LogP contribution in [0.5, 0.6) is 0 Å². The number of nitrogens with zero attached hydrogens (tertiary/aromatic N) is 3. The first kappa shape index (κ1) is 16.6. The van der Waals surface area contributed by atoms with Gasteiger partial charge in [-0.2, -0.15) is 0 Å². The van der Waals surface area contributed by atoms with Crippen LogP contribution in [-0.2, 0) is 23.1 Å². The number of fused-ring (bicyclic) bond motifs is 1. The van der Waals surface area contributed by atoms with E-state index >= 15 is 0 Å². The molecule has 24 heavy (non-hydrogen) atoms. The van der Waals surface area contributed by atoms with Crippen molar-refractivity contribution >= 4 is 22.7 Å². The summed E-state index contributed by atoms with van der Waals surface area (Å²) in [5.74, 6) is 0.244. The van der Waals surface area contributed by atoms with Crippen LogP contribution in [0.1, 0.15) is 24.6 Å². The Kier molecular flexibility index (Phi) is 4.60. The Hall–Kier alpha value is -2.30. The monoisotopic (exact) mass is 327 g/mol. The Labute approximate surface area is 142 Å². The highest BCUT2D eigenvalue weighted by molar-refractivity contribution is 5.90. The number of hydrogen-bond donors (Lipinski definition) is 0. The molecule has 0 aliphatic carbocycles. The molecule has 1 aliphatic rings. The van der Waals surface area contributed by atoms with Gasteiger partial charge in [-0.05, 0) is 25.0 Å². The topological polar surface area (TPSA) is 45.6 Å². The molecular weight excluding hydrogens is 302 g/mol. The number of aryl methyl sites for hydroxylation is 1. The molecule has 1 aromatic carbocycles. The van der Waals surface area contributed by atoms with E-state index < -0.39 is 0 Å². The first-order valence-electron chi connectivity index (χ1n) is 8.55. The minimum atomic E-state index is 0.0918. The molecule has 2 amide bonds. The van der Waals surface area contributed by atoms with Crippen molar-refractivity contribution in [2.45, 2.75) is 26.7 Å². The summed E-state index contributed by atoms with van der Waals surface area (Å²) in [7, 11) is 2.04. The van der Waals surface area contributed by atoms with Crippen LogP contribution in [0.25, 0.3) is 10.9 Å². The molecule has 128 valence electrons. The summed E-state index contributed by atoms with van der Waals surface area (Å²) < 4.78 is 2.15. The fraction of sp³-hybridized carbons (Fsp3) is 0.474. The minimum absolute atomic E-state index is 0.0918. The second kappa shape index (κ2) is 6.67. The second-order valence-corrected chi connectivity index (χ2v) is 6.56. The Balaban J connectivity index is 1.78. The zero-order valence-electron chi connectivity index (χ0n) is 14.7. The van der Waals surface area contributed by atoms with Crippen LogP contribution in [0.3, 0.4) is 0 Å². The Bertz CT molecular complexity index is 778. The van der Waals surface area contributed by atoms with Gasteiger partial charge >= 0.3 is 0 Å². The van der Waals surface area contributed by atoms with Crippen molar-refractivity contribution in [3.05, 3.63) is 35.5 Å². The van der Waals surface area contributed by atoms with Crippen LogP contribution in [0, 0.1) is 6.92 Å². The lowest BCUT2D eigenvalue weighted by molar-refractivity contribution is -0.132. The molecule has 3 rings (SSSR count). The summed E-state index contributed by atoms with van der Waals surface area (Å²) in [6.07, 6.45) is 1.27. The Morgan fingerprint density at radius 3 is 2.46 bits per heavy atom. The third-order valence-electron chi connectivity index (χ3n) is 5.15. The third kappa shape index (κ3) is 3.03. The van der Waals surface area contributed by atoms with E-state index in [1.165, 1.54) is 0 Å². The van der Waals surface area contributed by atoms with Crippen LogP contribution < -0.4 is 0 Å². The zero-order chi connectivity index (χ0) is 17.3. The van der Waals surface area contributed by atoms with Crippen molar-refractivity contribution in [1.82, 2.24) is 14.4 Å². The number of para-hydroxylation sites is 1. The molecule has 1 saturated heterocycles. The normalized spacial score (nSPS) is 15.6. The van der Waals surface area contributed by atoms with Gasteiger partial charge in [0, 0.05) is 56.7 Å². The number of hydrogen-bond acceptors (Lipinski definition) is 2. The van der Waals surface area contributed by atoms with Crippen molar-refractivity contribution < 1.29 is 9.59 Å². The molecule has 2 aromatic rings. The zero-order valence-corrected chi connectivity index (χ0v) is 14.7. The van der Waals surface area contributed by atoms with E-state index in [4.69, 9.17) is 0 Å². The fourth-order valence-electron chi connectivity index (χ4n) is 3.57. The Morgan fingerprint density at radius 2 is 1.71 bits per heavy atom. The first-order chi connectivity index (χ1) is 11.5. The molecule has 0 radical (unpaired) electrons. The SMILES string of the molecule is CC(=O)N1CCCN(C(=O)Cc2c(C)n(C)c3ccccc23)CC1. The van der Waals surface area contributed by atoms with Gasteiger partial charge in [0.05, 0.1) is 6.42 Å². The van der Waals surface area contributed by atoms with E-state index in [1.807, 2.05) is 29.0 Å². The maximum atomic E-state index is 12.8. The number of amides is 2. The highest BCUT2D eigenvalue weighted by Gasteiger charge is 2.22. The molecule has 0 saturated carbocycles. The first-order valence-corrected chi connectivity index (χ1v) is 8.55. The smallest absolute Gasteiger partial charge is 0.227 e. The summed E-state index contributed by atoms with van der Waals surface area (Å²) >= 11 is 0. The minimum Gasteiger partial charge on any atom is -0.348 e. The maximum Gasteiger partial charge on any atom is 0.227 e. The quantitative estimate of drug-likeness (QED) is 0.848. The maximum absolute atomic E-state index is 12.8. The van der Waals surface area contributed by atoms with Crippen molar-refractivity contribution in [1.29, 1.82) is 0 Å². The number of benzene rings is 1. The third-order valence-corrected chi connectivity index (χ3v) is 5.15. The molecule has 1 aromatic heterocycles. The number of carbonyl (C=O) groups is 2. The predicted octanol–water partition coefficient (Wildman–Crippen LogP) is 2.11. The van der Waals surface area contributed by atoms with Gasteiger partial charge in [-0.3, -0.25) is 9.59 Å². The van der Waals surface area contributed by atoms with Gasteiger partial charge in [0.15, 0.2) is 0 Å². The lowest BCUT2D eigenvalue weighted by atomic mass is 10.1. The van der Waals surface area contributed by atoms with Gasteiger partial charge < -0.3 is 14.4 Å². The van der Waals surface area contributed by atoms with Gasteiger partial charge in [0.25, 0.3) is 0 Å². The molecule has 0 N–H and O–H groups in total. The van der Waals surface area contributed by atoms with E-state index in [1.54, 1.807) is 6.92 Å². The molecule has 1 fully saturated rings. The Morgan fingerprint density at radius 1 is 1.04 bits per heavy atom. The predicted molar refractivity (Wildman–Crippen MR) is 94.8 cm³/mol. The summed E-state index contributed by atoms with van der Waals surface area (Å²) in [5, 5.41) is 1.16. The van der Waals surface area contributed by atoms with Crippen LogP contribution in [0.4, 0.5) is 0 Å². The molecule has 0 atom stereocenters.